The van der Waals surface area contributed by atoms with E-state index in [2.05, 4.69) is 4.99 Å². The van der Waals surface area contributed by atoms with Gasteiger partial charge in [0.15, 0.2) is 5.96 Å². The molecule has 1 saturated heterocycles. The van der Waals surface area contributed by atoms with Gasteiger partial charge in [-0.1, -0.05) is 6.42 Å². The Morgan fingerprint density at radius 3 is 2.61 bits per heavy atom. The maximum Gasteiger partial charge on any atom is 0.451 e. The summed E-state index contributed by atoms with van der Waals surface area (Å²) < 4.78 is 0. The zero-order valence-corrected chi connectivity index (χ0v) is 10.2. The molecule has 0 saturated carbocycles. The van der Waals surface area contributed by atoms with Crippen LogP contribution in [-0.4, -0.2) is 53.2 Å². The van der Waals surface area contributed by atoms with E-state index in [1.165, 1.54) is 4.90 Å². The topological polar surface area (TPSA) is 151 Å². The summed E-state index contributed by atoms with van der Waals surface area (Å²) in [5, 5.41) is 17.5. The van der Waals surface area contributed by atoms with Crippen LogP contribution in [0.1, 0.15) is 12.8 Å². The lowest BCUT2D eigenvalue weighted by atomic mass is 9.82. The number of nitrogens with zero attached hydrogens (tertiary/aromatic N) is 2. The zero-order valence-electron chi connectivity index (χ0n) is 10.2. The van der Waals surface area contributed by atoms with Gasteiger partial charge in [0.1, 0.15) is 0 Å². The van der Waals surface area contributed by atoms with E-state index in [1.807, 2.05) is 0 Å². The van der Waals surface area contributed by atoms with Gasteiger partial charge < -0.3 is 32.1 Å². The predicted molar refractivity (Wildman–Crippen MR) is 68.5 cm³/mol. The standard InChI is InChI=1S/C9H20BN5O3/c11-7-5-15(9(16)14-8(12)13)4-6(7)2-1-3-10(17)18/h6-7,17-18H,1-5,11H2,(H4,12,13,14,16)/t6-,7-/m0/s1. The van der Waals surface area contributed by atoms with E-state index in [0.29, 0.717) is 25.8 Å². The average Bonchev–Trinajstić information content (AvgIpc) is 2.59. The summed E-state index contributed by atoms with van der Waals surface area (Å²) in [6.45, 7) is 0.917. The van der Waals surface area contributed by atoms with Crippen molar-refractivity contribution in [2.24, 2.45) is 28.1 Å². The Labute approximate surface area is 106 Å². The summed E-state index contributed by atoms with van der Waals surface area (Å²) in [4.78, 5) is 16.5. The molecule has 1 heterocycles. The van der Waals surface area contributed by atoms with Crippen molar-refractivity contribution in [2.75, 3.05) is 13.1 Å². The van der Waals surface area contributed by atoms with Gasteiger partial charge in [-0.2, -0.15) is 4.99 Å². The molecular formula is C9H20BN5O3. The van der Waals surface area contributed by atoms with Crippen LogP contribution in [0.15, 0.2) is 4.99 Å². The smallest absolute Gasteiger partial charge is 0.427 e. The van der Waals surface area contributed by atoms with E-state index in [-0.39, 0.29) is 17.9 Å². The largest absolute Gasteiger partial charge is 0.451 e. The molecule has 0 spiro atoms. The normalized spacial score (nSPS) is 22.9. The third-order valence-corrected chi connectivity index (χ3v) is 3.02. The molecule has 1 rings (SSSR count). The molecule has 102 valence electrons. The number of guanidine groups is 1. The van der Waals surface area contributed by atoms with Crippen molar-refractivity contribution in [3.05, 3.63) is 0 Å². The van der Waals surface area contributed by atoms with Crippen LogP contribution in [0, 0.1) is 5.92 Å². The number of amides is 2. The third-order valence-electron chi connectivity index (χ3n) is 3.02. The number of hydrogen-bond donors (Lipinski definition) is 5. The van der Waals surface area contributed by atoms with E-state index in [9.17, 15) is 4.79 Å². The lowest BCUT2D eigenvalue weighted by Crippen LogP contribution is -2.33. The molecule has 1 aliphatic rings. The van der Waals surface area contributed by atoms with Gasteiger partial charge >= 0.3 is 13.1 Å². The minimum atomic E-state index is -1.29. The van der Waals surface area contributed by atoms with Crippen LogP contribution in [0.2, 0.25) is 6.32 Å². The molecule has 2 atom stereocenters. The Balaban J connectivity index is 2.41. The van der Waals surface area contributed by atoms with Gasteiger partial charge in [0.25, 0.3) is 0 Å². The Morgan fingerprint density at radius 2 is 2.06 bits per heavy atom. The fourth-order valence-electron chi connectivity index (χ4n) is 2.10. The van der Waals surface area contributed by atoms with Crippen LogP contribution >= 0.6 is 0 Å². The SMILES string of the molecule is NC(N)=NC(=O)N1C[C@H](CCCB(O)O)[C@@H](N)C1. The van der Waals surface area contributed by atoms with Crippen LogP contribution < -0.4 is 17.2 Å². The van der Waals surface area contributed by atoms with Crippen molar-refractivity contribution in [3.63, 3.8) is 0 Å². The van der Waals surface area contributed by atoms with Crippen LogP contribution in [0.5, 0.6) is 0 Å². The van der Waals surface area contributed by atoms with Crippen molar-refractivity contribution in [2.45, 2.75) is 25.2 Å². The van der Waals surface area contributed by atoms with E-state index in [0.717, 1.165) is 6.42 Å². The molecule has 0 aliphatic carbocycles. The molecule has 8 nitrogen and oxygen atoms in total. The summed E-state index contributed by atoms with van der Waals surface area (Å²) in [6.07, 6.45) is 1.70. The first kappa shape index (κ1) is 14.7. The number of nitrogens with two attached hydrogens (primary N) is 3. The molecule has 0 unspecified atom stereocenters. The van der Waals surface area contributed by atoms with Gasteiger partial charge in [-0.15, -0.1) is 0 Å². The van der Waals surface area contributed by atoms with Crippen molar-refractivity contribution in [1.29, 1.82) is 0 Å². The molecule has 9 heteroatoms. The molecule has 1 fully saturated rings. The summed E-state index contributed by atoms with van der Waals surface area (Å²) in [5.41, 5.74) is 16.2. The lowest BCUT2D eigenvalue weighted by Gasteiger charge is -2.13. The minimum absolute atomic E-state index is 0.126. The first-order chi connectivity index (χ1) is 8.40. The molecule has 0 radical (unpaired) electrons. The second-order valence-corrected chi connectivity index (χ2v) is 4.56. The summed E-state index contributed by atoms with van der Waals surface area (Å²) >= 11 is 0. The van der Waals surface area contributed by atoms with Crippen molar-refractivity contribution in [1.82, 2.24) is 4.90 Å². The number of urea groups is 1. The number of rotatable bonds is 4. The Hall–Kier alpha value is -1.32. The first-order valence-electron chi connectivity index (χ1n) is 5.90. The van der Waals surface area contributed by atoms with Crippen molar-refractivity contribution >= 4 is 19.1 Å². The van der Waals surface area contributed by atoms with Crippen molar-refractivity contribution in [3.8, 4) is 0 Å². The highest BCUT2D eigenvalue weighted by molar-refractivity contribution is 6.40. The first-order valence-corrected chi connectivity index (χ1v) is 5.90. The molecular weight excluding hydrogens is 237 g/mol. The molecule has 0 aromatic heterocycles. The van der Waals surface area contributed by atoms with Gasteiger partial charge in [0.05, 0.1) is 0 Å². The highest BCUT2D eigenvalue weighted by Gasteiger charge is 2.32. The summed E-state index contributed by atoms with van der Waals surface area (Å²) in [6, 6.07) is -0.603. The Kier molecular flexibility index (Phi) is 5.38. The number of hydrogen-bond acceptors (Lipinski definition) is 4. The van der Waals surface area contributed by atoms with Gasteiger partial charge in [-0.25, -0.2) is 4.79 Å². The highest BCUT2D eigenvalue weighted by Crippen LogP contribution is 2.21. The van der Waals surface area contributed by atoms with Crippen LogP contribution in [0.3, 0.4) is 0 Å². The van der Waals surface area contributed by atoms with Gasteiger partial charge in [-0.05, 0) is 18.7 Å². The molecule has 0 aromatic rings. The summed E-state index contributed by atoms with van der Waals surface area (Å²) in [7, 11) is -1.29. The lowest BCUT2D eigenvalue weighted by molar-refractivity contribution is 0.216. The number of aliphatic imine (C=N–C) groups is 1. The fraction of sp³-hybridized carbons (Fsp3) is 0.778. The third kappa shape index (κ3) is 4.51. The van der Waals surface area contributed by atoms with Gasteiger partial charge in [0, 0.05) is 19.1 Å². The molecule has 0 aromatic carbocycles. The van der Waals surface area contributed by atoms with E-state index in [1.54, 1.807) is 0 Å². The molecule has 0 bridgehead atoms. The second kappa shape index (κ2) is 6.57. The molecule has 8 N–H and O–H groups in total. The van der Waals surface area contributed by atoms with Crippen LogP contribution in [-0.2, 0) is 0 Å². The Morgan fingerprint density at radius 1 is 1.39 bits per heavy atom. The Bertz CT molecular complexity index is 321. The van der Waals surface area contributed by atoms with Crippen LogP contribution in [0.4, 0.5) is 4.79 Å². The molecule has 1 aliphatic heterocycles. The minimum Gasteiger partial charge on any atom is -0.427 e. The van der Waals surface area contributed by atoms with Gasteiger partial charge in [0.2, 0.25) is 0 Å². The maximum atomic E-state index is 11.6. The van der Waals surface area contributed by atoms with E-state index >= 15 is 0 Å². The average molecular weight is 257 g/mol. The number of likely N-dealkylation sites (tertiary alicyclic amines) is 1. The maximum absolute atomic E-state index is 11.6. The van der Waals surface area contributed by atoms with E-state index in [4.69, 9.17) is 27.2 Å². The molecule has 2 amide bonds. The fourth-order valence-corrected chi connectivity index (χ4v) is 2.10. The monoisotopic (exact) mass is 257 g/mol. The molecule has 18 heavy (non-hydrogen) atoms. The number of carbonyl (C=O) groups excluding carboxylic acids is 1. The highest BCUT2D eigenvalue weighted by atomic mass is 16.4. The summed E-state index contributed by atoms with van der Waals surface area (Å²) in [5.74, 6) is -0.123. The van der Waals surface area contributed by atoms with Crippen LogP contribution in [0.25, 0.3) is 0 Å². The predicted octanol–water partition coefficient (Wildman–Crippen LogP) is -2.11. The van der Waals surface area contributed by atoms with E-state index < -0.39 is 13.1 Å². The number of carbonyl (C=O) groups is 1. The zero-order chi connectivity index (χ0) is 13.7. The quantitative estimate of drug-likeness (QED) is 0.221. The van der Waals surface area contributed by atoms with Gasteiger partial charge in [-0.3, -0.25) is 0 Å². The second-order valence-electron chi connectivity index (χ2n) is 4.56. The van der Waals surface area contributed by atoms with Crippen molar-refractivity contribution < 1.29 is 14.8 Å².